The molecule has 6 heteroatoms. The van der Waals surface area contributed by atoms with Crippen LogP contribution in [0, 0.1) is 0 Å². The van der Waals surface area contributed by atoms with Crippen molar-refractivity contribution in [2.45, 2.75) is 6.54 Å². The molecule has 1 N–H and O–H groups in total. The number of rotatable bonds is 3. The topological polar surface area (TPSA) is 35.6 Å². The number of amides is 2. The Morgan fingerprint density at radius 3 is 2.42 bits per heavy atom. The number of nitrogens with zero attached hydrogens (tertiary/aromatic N) is 2. The maximum atomic E-state index is 12.4. The van der Waals surface area contributed by atoms with Crippen molar-refractivity contribution in [3.63, 3.8) is 0 Å². The number of nitrogens with one attached hydrogen (secondary N) is 1. The van der Waals surface area contributed by atoms with Crippen LogP contribution in [-0.4, -0.2) is 42.0 Å². The molecule has 0 aromatic heterocycles. The van der Waals surface area contributed by atoms with Crippen LogP contribution in [0.2, 0.25) is 5.02 Å². The molecule has 4 nitrogen and oxygen atoms in total. The first-order valence-electron chi connectivity index (χ1n) is 7.90. The van der Waals surface area contributed by atoms with Crippen LogP contribution in [0.4, 0.5) is 10.5 Å². The predicted octanol–water partition coefficient (Wildman–Crippen LogP) is 4.45. The molecule has 0 spiro atoms. The van der Waals surface area contributed by atoms with Gasteiger partial charge in [0.15, 0.2) is 0 Å². The summed E-state index contributed by atoms with van der Waals surface area (Å²) in [5.41, 5.74) is 1.92. The zero-order chi connectivity index (χ0) is 16.9. The molecule has 0 saturated carbocycles. The third kappa shape index (κ3) is 4.29. The van der Waals surface area contributed by atoms with Crippen molar-refractivity contribution in [1.82, 2.24) is 9.80 Å². The van der Waals surface area contributed by atoms with Gasteiger partial charge in [0.05, 0.1) is 5.69 Å². The Morgan fingerprint density at radius 2 is 1.71 bits per heavy atom. The molecule has 1 fully saturated rings. The molecule has 2 amide bonds. The molecule has 1 aliphatic heterocycles. The van der Waals surface area contributed by atoms with E-state index in [-0.39, 0.29) is 6.03 Å². The van der Waals surface area contributed by atoms with E-state index in [2.05, 4.69) is 26.1 Å². The van der Waals surface area contributed by atoms with Gasteiger partial charge >= 0.3 is 6.03 Å². The predicted molar refractivity (Wildman–Crippen MR) is 101 cm³/mol. The van der Waals surface area contributed by atoms with Gasteiger partial charge in [0.2, 0.25) is 0 Å². The maximum absolute atomic E-state index is 12.4. The van der Waals surface area contributed by atoms with Gasteiger partial charge < -0.3 is 10.2 Å². The quantitative estimate of drug-likeness (QED) is 0.814. The molecular weight excluding hydrogens is 390 g/mol. The van der Waals surface area contributed by atoms with Crippen LogP contribution < -0.4 is 5.32 Å². The normalized spacial score (nSPS) is 15.3. The van der Waals surface area contributed by atoms with Gasteiger partial charge in [-0.05, 0) is 39.7 Å². The Kier molecular flexibility index (Phi) is 5.76. The SMILES string of the molecule is O=C(Nc1ccccc1Br)N1CCN(Cc2ccccc2Cl)CC1. The first kappa shape index (κ1) is 17.3. The molecule has 2 aromatic carbocycles. The van der Waals surface area contributed by atoms with E-state index in [0.29, 0.717) is 13.1 Å². The first-order chi connectivity index (χ1) is 11.6. The Labute approximate surface area is 155 Å². The van der Waals surface area contributed by atoms with Crippen molar-refractivity contribution in [2.24, 2.45) is 0 Å². The van der Waals surface area contributed by atoms with Crippen molar-refractivity contribution in [2.75, 3.05) is 31.5 Å². The van der Waals surface area contributed by atoms with Gasteiger partial charge in [0.1, 0.15) is 0 Å². The smallest absolute Gasteiger partial charge is 0.321 e. The van der Waals surface area contributed by atoms with Gasteiger partial charge in [-0.25, -0.2) is 4.79 Å². The number of halogens is 2. The van der Waals surface area contributed by atoms with Crippen LogP contribution in [0.25, 0.3) is 0 Å². The van der Waals surface area contributed by atoms with Crippen LogP contribution in [0.3, 0.4) is 0 Å². The van der Waals surface area contributed by atoms with E-state index >= 15 is 0 Å². The maximum Gasteiger partial charge on any atom is 0.321 e. The van der Waals surface area contributed by atoms with Crippen molar-refractivity contribution in [3.8, 4) is 0 Å². The average molecular weight is 409 g/mol. The Hall–Kier alpha value is -1.56. The standard InChI is InChI=1S/C18H19BrClN3O/c19-15-6-2-4-8-17(15)21-18(24)23-11-9-22(10-12-23)13-14-5-1-3-7-16(14)20/h1-8H,9-13H2,(H,21,24). The van der Waals surface area contributed by atoms with Crippen LogP contribution >= 0.6 is 27.5 Å². The summed E-state index contributed by atoms with van der Waals surface area (Å²) in [7, 11) is 0. The first-order valence-corrected chi connectivity index (χ1v) is 9.07. The summed E-state index contributed by atoms with van der Waals surface area (Å²) in [6, 6.07) is 15.5. The monoisotopic (exact) mass is 407 g/mol. The minimum atomic E-state index is -0.0562. The minimum absolute atomic E-state index is 0.0562. The van der Waals surface area contributed by atoms with Crippen molar-refractivity contribution >= 4 is 39.2 Å². The van der Waals surface area contributed by atoms with Gasteiger partial charge in [0.25, 0.3) is 0 Å². The molecule has 0 bridgehead atoms. The van der Waals surface area contributed by atoms with Gasteiger partial charge in [-0.15, -0.1) is 0 Å². The summed E-state index contributed by atoms with van der Waals surface area (Å²) >= 11 is 9.67. The summed E-state index contributed by atoms with van der Waals surface area (Å²) < 4.78 is 0.885. The van der Waals surface area contributed by atoms with Crippen molar-refractivity contribution in [3.05, 3.63) is 63.6 Å². The molecule has 0 aliphatic carbocycles. The second-order valence-corrected chi connectivity index (χ2v) is 7.03. The van der Waals surface area contributed by atoms with E-state index < -0.39 is 0 Å². The fourth-order valence-electron chi connectivity index (χ4n) is 2.73. The molecule has 1 heterocycles. The molecule has 0 radical (unpaired) electrons. The molecule has 2 aromatic rings. The van der Waals surface area contributed by atoms with E-state index in [1.807, 2.05) is 53.4 Å². The Balaban J connectivity index is 1.52. The zero-order valence-electron chi connectivity index (χ0n) is 13.2. The lowest BCUT2D eigenvalue weighted by Crippen LogP contribution is -2.49. The largest absolute Gasteiger partial charge is 0.322 e. The number of benzene rings is 2. The van der Waals surface area contributed by atoms with Crippen molar-refractivity contribution in [1.29, 1.82) is 0 Å². The summed E-state index contributed by atoms with van der Waals surface area (Å²) in [6.45, 7) is 3.92. The Bertz CT molecular complexity index is 717. The van der Waals surface area contributed by atoms with Crippen LogP contribution in [0.15, 0.2) is 53.0 Å². The highest BCUT2D eigenvalue weighted by Crippen LogP contribution is 2.22. The molecule has 1 aliphatic rings. The highest BCUT2D eigenvalue weighted by Gasteiger charge is 2.21. The number of anilines is 1. The lowest BCUT2D eigenvalue weighted by molar-refractivity contribution is 0.143. The number of carbonyl (C=O) groups is 1. The number of urea groups is 1. The summed E-state index contributed by atoms with van der Waals surface area (Å²) in [5, 5.41) is 3.75. The van der Waals surface area contributed by atoms with E-state index in [1.54, 1.807) is 0 Å². The minimum Gasteiger partial charge on any atom is -0.322 e. The van der Waals surface area contributed by atoms with E-state index in [4.69, 9.17) is 11.6 Å². The van der Waals surface area contributed by atoms with Gasteiger partial charge in [0, 0.05) is 42.2 Å². The lowest BCUT2D eigenvalue weighted by atomic mass is 10.2. The zero-order valence-corrected chi connectivity index (χ0v) is 15.6. The number of hydrogen-bond acceptors (Lipinski definition) is 2. The number of piperazine rings is 1. The van der Waals surface area contributed by atoms with Gasteiger partial charge in [-0.1, -0.05) is 41.9 Å². The van der Waals surface area contributed by atoms with E-state index in [9.17, 15) is 4.79 Å². The molecule has 3 rings (SSSR count). The highest BCUT2D eigenvalue weighted by atomic mass is 79.9. The van der Waals surface area contributed by atoms with Gasteiger partial charge in [-0.3, -0.25) is 4.90 Å². The van der Waals surface area contributed by atoms with Crippen molar-refractivity contribution < 1.29 is 4.79 Å². The average Bonchev–Trinajstić information content (AvgIpc) is 2.59. The summed E-state index contributed by atoms with van der Waals surface area (Å²) in [5.74, 6) is 0. The second-order valence-electron chi connectivity index (χ2n) is 5.76. The van der Waals surface area contributed by atoms with Gasteiger partial charge in [-0.2, -0.15) is 0 Å². The molecule has 126 valence electrons. The second kappa shape index (κ2) is 8.01. The molecular formula is C18H19BrClN3O. The molecule has 0 unspecified atom stereocenters. The summed E-state index contributed by atoms with van der Waals surface area (Å²) in [6.07, 6.45) is 0. The lowest BCUT2D eigenvalue weighted by Gasteiger charge is -2.34. The molecule has 0 atom stereocenters. The third-order valence-electron chi connectivity index (χ3n) is 4.13. The third-order valence-corrected chi connectivity index (χ3v) is 5.19. The number of para-hydroxylation sites is 1. The fraction of sp³-hybridized carbons (Fsp3) is 0.278. The van der Waals surface area contributed by atoms with Crippen LogP contribution in [0.1, 0.15) is 5.56 Å². The van der Waals surface area contributed by atoms with Crippen LogP contribution in [-0.2, 0) is 6.54 Å². The van der Waals surface area contributed by atoms with E-state index in [1.165, 1.54) is 0 Å². The molecule has 24 heavy (non-hydrogen) atoms. The molecule has 1 saturated heterocycles. The number of hydrogen-bond donors (Lipinski definition) is 1. The van der Waals surface area contributed by atoms with Crippen LogP contribution in [0.5, 0.6) is 0 Å². The highest BCUT2D eigenvalue weighted by molar-refractivity contribution is 9.10. The number of carbonyl (C=O) groups excluding carboxylic acids is 1. The Morgan fingerprint density at radius 1 is 1.04 bits per heavy atom. The van der Waals surface area contributed by atoms with E-state index in [0.717, 1.165) is 40.4 Å². The summed E-state index contributed by atoms with van der Waals surface area (Å²) in [4.78, 5) is 16.6. The fourth-order valence-corrected chi connectivity index (χ4v) is 3.31.